The van der Waals surface area contributed by atoms with Crippen LogP contribution in [0.2, 0.25) is 0 Å². The van der Waals surface area contributed by atoms with Gasteiger partial charge in [0.15, 0.2) is 0 Å². The highest BCUT2D eigenvalue weighted by atomic mass is 19.1. The van der Waals surface area contributed by atoms with Gasteiger partial charge in [0.1, 0.15) is 11.6 Å². The zero-order chi connectivity index (χ0) is 14.1. The minimum absolute atomic E-state index is 0.276. The van der Waals surface area contributed by atoms with Crippen LogP contribution in [0, 0.1) is 5.82 Å². The van der Waals surface area contributed by atoms with Crippen molar-refractivity contribution in [1.29, 1.82) is 0 Å². The van der Waals surface area contributed by atoms with Gasteiger partial charge in [-0.3, -0.25) is 0 Å². The third-order valence-electron chi connectivity index (χ3n) is 3.40. The number of benzene rings is 3. The number of nitrogen functional groups attached to an aromatic ring is 1. The average Bonchev–Trinajstić information content (AvgIpc) is 2.47. The van der Waals surface area contributed by atoms with Crippen molar-refractivity contribution in [2.75, 3.05) is 12.8 Å². The summed E-state index contributed by atoms with van der Waals surface area (Å²) in [5.74, 6) is 0.405. The van der Waals surface area contributed by atoms with Gasteiger partial charge in [0.25, 0.3) is 0 Å². The fraction of sp³-hybridized carbons (Fsp3) is 0.0588. The second-order valence-corrected chi connectivity index (χ2v) is 4.60. The fourth-order valence-corrected chi connectivity index (χ4v) is 2.44. The molecule has 0 unspecified atom stereocenters. The molecule has 0 radical (unpaired) electrons. The summed E-state index contributed by atoms with van der Waals surface area (Å²) in [5, 5.41) is 1.74. The molecule has 0 aliphatic rings. The molecule has 0 fully saturated rings. The number of rotatable bonds is 2. The topological polar surface area (TPSA) is 35.2 Å². The van der Waals surface area contributed by atoms with Crippen LogP contribution in [0.5, 0.6) is 5.75 Å². The summed E-state index contributed by atoms with van der Waals surface area (Å²) in [6.07, 6.45) is 0. The minimum Gasteiger partial charge on any atom is -0.496 e. The molecule has 0 aliphatic carbocycles. The molecule has 0 aliphatic heterocycles. The highest BCUT2D eigenvalue weighted by molar-refractivity contribution is 6.02. The van der Waals surface area contributed by atoms with Crippen LogP contribution in [-0.4, -0.2) is 7.11 Å². The van der Waals surface area contributed by atoms with E-state index in [4.69, 9.17) is 10.5 Å². The van der Waals surface area contributed by atoms with Gasteiger partial charge in [-0.1, -0.05) is 30.3 Å². The SMILES string of the molecule is COc1ccc2ccc(F)cc2c1-c1ccccc1N. The Morgan fingerprint density at radius 3 is 2.50 bits per heavy atom. The molecular formula is C17H14FNO. The Labute approximate surface area is 116 Å². The predicted molar refractivity (Wildman–Crippen MR) is 80.3 cm³/mol. The Balaban J connectivity index is 2.43. The molecule has 0 amide bonds. The van der Waals surface area contributed by atoms with Crippen molar-refractivity contribution in [3.8, 4) is 16.9 Å². The predicted octanol–water partition coefficient (Wildman–Crippen LogP) is 4.24. The lowest BCUT2D eigenvalue weighted by atomic mass is 9.96. The summed E-state index contributed by atoms with van der Waals surface area (Å²) in [7, 11) is 1.60. The Kier molecular flexibility index (Phi) is 3.03. The van der Waals surface area contributed by atoms with E-state index in [-0.39, 0.29) is 5.82 Å². The zero-order valence-electron chi connectivity index (χ0n) is 11.1. The van der Waals surface area contributed by atoms with Gasteiger partial charge in [-0.2, -0.15) is 0 Å². The molecule has 20 heavy (non-hydrogen) atoms. The Morgan fingerprint density at radius 2 is 1.75 bits per heavy atom. The van der Waals surface area contributed by atoms with Gasteiger partial charge in [-0.15, -0.1) is 0 Å². The molecule has 0 saturated heterocycles. The molecule has 2 nitrogen and oxygen atoms in total. The second-order valence-electron chi connectivity index (χ2n) is 4.60. The molecule has 0 heterocycles. The van der Waals surface area contributed by atoms with E-state index in [1.807, 2.05) is 36.4 Å². The van der Waals surface area contributed by atoms with Crippen LogP contribution in [0.3, 0.4) is 0 Å². The molecule has 0 saturated carbocycles. The van der Waals surface area contributed by atoms with E-state index in [1.54, 1.807) is 13.2 Å². The smallest absolute Gasteiger partial charge is 0.127 e. The molecule has 0 aromatic heterocycles. The summed E-state index contributed by atoms with van der Waals surface area (Å²) >= 11 is 0. The molecule has 3 rings (SSSR count). The van der Waals surface area contributed by atoms with E-state index in [0.717, 1.165) is 21.9 Å². The average molecular weight is 267 g/mol. The number of ether oxygens (including phenoxy) is 1. The van der Waals surface area contributed by atoms with Crippen molar-refractivity contribution >= 4 is 16.5 Å². The van der Waals surface area contributed by atoms with Crippen LogP contribution in [-0.2, 0) is 0 Å². The van der Waals surface area contributed by atoms with Crippen LogP contribution in [0.15, 0.2) is 54.6 Å². The van der Waals surface area contributed by atoms with Crippen molar-refractivity contribution < 1.29 is 9.13 Å². The van der Waals surface area contributed by atoms with Gasteiger partial charge in [0.05, 0.1) is 7.11 Å². The number of hydrogen-bond donors (Lipinski definition) is 1. The standard InChI is InChI=1S/C17H14FNO/c1-20-16-9-7-11-6-8-12(18)10-14(11)17(16)13-4-2-3-5-15(13)19/h2-10H,19H2,1H3. The molecule has 0 spiro atoms. The third-order valence-corrected chi connectivity index (χ3v) is 3.40. The second kappa shape index (κ2) is 4.85. The summed E-state index contributed by atoms with van der Waals surface area (Å²) in [6, 6.07) is 16.0. The lowest BCUT2D eigenvalue weighted by molar-refractivity contribution is 0.417. The zero-order valence-corrected chi connectivity index (χ0v) is 11.1. The van der Waals surface area contributed by atoms with Crippen molar-refractivity contribution in [1.82, 2.24) is 0 Å². The molecule has 3 aromatic carbocycles. The maximum atomic E-state index is 13.6. The maximum absolute atomic E-state index is 13.6. The first-order valence-corrected chi connectivity index (χ1v) is 6.32. The van der Waals surface area contributed by atoms with E-state index < -0.39 is 0 Å². The van der Waals surface area contributed by atoms with Gasteiger partial charge in [0, 0.05) is 16.8 Å². The molecule has 2 N–H and O–H groups in total. The molecule has 100 valence electrons. The number of methoxy groups -OCH3 is 1. The van der Waals surface area contributed by atoms with E-state index >= 15 is 0 Å². The van der Waals surface area contributed by atoms with E-state index in [9.17, 15) is 4.39 Å². The van der Waals surface area contributed by atoms with E-state index in [0.29, 0.717) is 11.4 Å². The van der Waals surface area contributed by atoms with Crippen LogP contribution < -0.4 is 10.5 Å². The van der Waals surface area contributed by atoms with Crippen LogP contribution in [0.1, 0.15) is 0 Å². The monoisotopic (exact) mass is 267 g/mol. The van der Waals surface area contributed by atoms with Gasteiger partial charge in [0.2, 0.25) is 0 Å². The lowest BCUT2D eigenvalue weighted by Gasteiger charge is -2.14. The van der Waals surface area contributed by atoms with Crippen molar-refractivity contribution in [3.63, 3.8) is 0 Å². The maximum Gasteiger partial charge on any atom is 0.127 e. The number of anilines is 1. The number of hydrogen-bond acceptors (Lipinski definition) is 2. The van der Waals surface area contributed by atoms with Gasteiger partial charge in [-0.25, -0.2) is 4.39 Å². The number of fused-ring (bicyclic) bond motifs is 1. The van der Waals surface area contributed by atoms with E-state index in [2.05, 4.69) is 0 Å². The first-order chi connectivity index (χ1) is 9.70. The van der Waals surface area contributed by atoms with E-state index in [1.165, 1.54) is 12.1 Å². The molecule has 3 aromatic rings. The molecule has 0 bridgehead atoms. The van der Waals surface area contributed by atoms with Gasteiger partial charge >= 0.3 is 0 Å². The third kappa shape index (κ3) is 1.97. The van der Waals surface area contributed by atoms with Crippen LogP contribution in [0.4, 0.5) is 10.1 Å². The van der Waals surface area contributed by atoms with Crippen molar-refractivity contribution in [2.45, 2.75) is 0 Å². The largest absolute Gasteiger partial charge is 0.496 e. The number of nitrogens with two attached hydrogens (primary N) is 1. The van der Waals surface area contributed by atoms with Gasteiger partial charge < -0.3 is 10.5 Å². The Morgan fingerprint density at radius 1 is 1.00 bits per heavy atom. The molecule has 3 heteroatoms. The first kappa shape index (κ1) is 12.5. The Hall–Kier alpha value is -2.55. The summed E-state index contributed by atoms with van der Waals surface area (Å²) in [4.78, 5) is 0. The lowest BCUT2D eigenvalue weighted by Crippen LogP contribution is -1.94. The summed E-state index contributed by atoms with van der Waals surface area (Å²) < 4.78 is 19.0. The molecular weight excluding hydrogens is 253 g/mol. The quantitative estimate of drug-likeness (QED) is 0.705. The minimum atomic E-state index is -0.276. The van der Waals surface area contributed by atoms with Crippen molar-refractivity contribution in [3.05, 3.63) is 60.4 Å². The van der Waals surface area contributed by atoms with Gasteiger partial charge in [-0.05, 0) is 35.0 Å². The Bertz CT molecular complexity index is 783. The first-order valence-electron chi connectivity index (χ1n) is 6.32. The van der Waals surface area contributed by atoms with Crippen molar-refractivity contribution in [2.24, 2.45) is 0 Å². The highest BCUT2D eigenvalue weighted by Crippen LogP contribution is 2.39. The highest BCUT2D eigenvalue weighted by Gasteiger charge is 2.13. The van der Waals surface area contributed by atoms with Crippen LogP contribution in [0.25, 0.3) is 21.9 Å². The molecule has 0 atom stereocenters. The normalized spacial score (nSPS) is 10.7. The number of para-hydroxylation sites is 1. The number of halogens is 1. The summed E-state index contributed by atoms with van der Waals surface area (Å²) in [5.41, 5.74) is 8.37. The van der Waals surface area contributed by atoms with Crippen LogP contribution >= 0.6 is 0 Å². The fourth-order valence-electron chi connectivity index (χ4n) is 2.44. The summed E-state index contributed by atoms with van der Waals surface area (Å²) in [6.45, 7) is 0.